The number of ether oxygens (including phenoxy) is 4. The van der Waals surface area contributed by atoms with Crippen LogP contribution in [0, 0.1) is 0 Å². The zero-order valence-electron chi connectivity index (χ0n) is 11.2. The van der Waals surface area contributed by atoms with E-state index in [0.717, 1.165) is 6.42 Å². The molecule has 1 aromatic rings. The van der Waals surface area contributed by atoms with Crippen LogP contribution in [0.25, 0.3) is 0 Å². The van der Waals surface area contributed by atoms with Gasteiger partial charge in [-0.15, -0.1) is 0 Å². The summed E-state index contributed by atoms with van der Waals surface area (Å²) in [6.45, 7) is 0.547. The Morgan fingerprint density at radius 2 is 1.74 bits per heavy atom. The van der Waals surface area contributed by atoms with Gasteiger partial charge in [0.15, 0.2) is 17.3 Å². The molecule has 0 bridgehead atoms. The molecule has 1 heterocycles. The smallest absolute Gasteiger partial charge is 0.227 e. The van der Waals surface area contributed by atoms with E-state index in [1.54, 1.807) is 18.2 Å². The molecule has 0 saturated carbocycles. The maximum Gasteiger partial charge on any atom is 0.227 e. The van der Waals surface area contributed by atoms with Crippen LogP contribution in [-0.4, -0.2) is 33.7 Å². The van der Waals surface area contributed by atoms with E-state index >= 15 is 0 Å². The van der Waals surface area contributed by atoms with Crippen molar-refractivity contribution in [1.29, 1.82) is 0 Å². The van der Waals surface area contributed by atoms with Crippen molar-refractivity contribution in [2.24, 2.45) is 0 Å². The predicted octanol–water partition coefficient (Wildman–Crippen LogP) is 2.20. The number of allylic oxidation sites excluding steroid dienone is 1. The Hall–Kier alpha value is -2.17. The molecule has 102 valence electrons. The van der Waals surface area contributed by atoms with Gasteiger partial charge in [-0.2, -0.15) is 0 Å². The summed E-state index contributed by atoms with van der Waals surface area (Å²) in [5, 5.41) is 0. The van der Waals surface area contributed by atoms with Gasteiger partial charge >= 0.3 is 0 Å². The van der Waals surface area contributed by atoms with Crippen molar-refractivity contribution >= 4 is 5.78 Å². The van der Waals surface area contributed by atoms with Crippen LogP contribution < -0.4 is 14.2 Å². The highest BCUT2D eigenvalue weighted by molar-refractivity contribution is 6.08. The molecular weight excluding hydrogens is 248 g/mol. The molecule has 19 heavy (non-hydrogen) atoms. The number of carbonyl (C=O) groups is 1. The summed E-state index contributed by atoms with van der Waals surface area (Å²) in [4.78, 5) is 12.2. The van der Waals surface area contributed by atoms with Gasteiger partial charge in [0.1, 0.15) is 0 Å². The number of methoxy groups -OCH3 is 3. The minimum atomic E-state index is -0.184. The van der Waals surface area contributed by atoms with Crippen molar-refractivity contribution in [1.82, 2.24) is 0 Å². The summed E-state index contributed by atoms with van der Waals surface area (Å²) >= 11 is 0. The zero-order valence-corrected chi connectivity index (χ0v) is 11.2. The molecule has 5 nitrogen and oxygen atoms in total. The molecule has 0 fully saturated rings. The van der Waals surface area contributed by atoms with E-state index in [1.165, 1.54) is 21.3 Å². The lowest BCUT2D eigenvalue weighted by atomic mass is 10.1. The molecule has 1 aliphatic heterocycles. The van der Waals surface area contributed by atoms with Crippen molar-refractivity contribution in [3.63, 3.8) is 0 Å². The largest absolute Gasteiger partial charge is 0.493 e. The monoisotopic (exact) mass is 264 g/mol. The lowest BCUT2D eigenvalue weighted by Gasteiger charge is -2.13. The Bertz CT molecular complexity index is 494. The topological polar surface area (TPSA) is 54.0 Å². The molecule has 1 aliphatic rings. The fraction of sp³-hybridized carbons (Fsp3) is 0.357. The Morgan fingerprint density at radius 1 is 1.11 bits per heavy atom. The molecule has 0 amide bonds. The summed E-state index contributed by atoms with van der Waals surface area (Å²) in [6.07, 6.45) is 2.54. The fourth-order valence-electron chi connectivity index (χ4n) is 1.93. The molecule has 2 rings (SSSR count). The van der Waals surface area contributed by atoms with Crippen LogP contribution in [0.1, 0.15) is 16.8 Å². The zero-order chi connectivity index (χ0) is 13.8. The number of ketones is 1. The Labute approximate surface area is 111 Å². The van der Waals surface area contributed by atoms with E-state index in [4.69, 9.17) is 18.9 Å². The van der Waals surface area contributed by atoms with Crippen LogP contribution in [-0.2, 0) is 4.74 Å². The average Bonchev–Trinajstić information content (AvgIpc) is 2.98. The molecule has 0 saturated heterocycles. The number of rotatable bonds is 5. The van der Waals surface area contributed by atoms with Crippen molar-refractivity contribution in [3.05, 3.63) is 29.5 Å². The van der Waals surface area contributed by atoms with Gasteiger partial charge in [0.05, 0.1) is 27.9 Å². The predicted molar refractivity (Wildman–Crippen MR) is 69.1 cm³/mol. The maximum absolute atomic E-state index is 12.2. The van der Waals surface area contributed by atoms with Gasteiger partial charge in [0, 0.05) is 12.0 Å². The first kappa shape index (κ1) is 13.3. The van der Waals surface area contributed by atoms with Crippen LogP contribution in [0.2, 0.25) is 0 Å². The quantitative estimate of drug-likeness (QED) is 0.763. The van der Waals surface area contributed by atoms with Gasteiger partial charge in [-0.05, 0) is 18.2 Å². The maximum atomic E-state index is 12.2. The molecule has 0 spiro atoms. The molecule has 0 unspecified atom stereocenters. The Kier molecular flexibility index (Phi) is 3.94. The summed E-state index contributed by atoms with van der Waals surface area (Å²) in [6, 6.07) is 3.23. The van der Waals surface area contributed by atoms with Crippen LogP contribution >= 0.6 is 0 Å². The van der Waals surface area contributed by atoms with E-state index in [1.807, 2.05) is 0 Å². The summed E-state index contributed by atoms with van der Waals surface area (Å²) in [5.41, 5.74) is 0.447. The highest BCUT2D eigenvalue weighted by atomic mass is 16.5. The summed E-state index contributed by atoms with van der Waals surface area (Å²) in [5.74, 6) is 1.54. The third-order valence-electron chi connectivity index (χ3n) is 2.86. The normalized spacial score (nSPS) is 13.5. The van der Waals surface area contributed by atoms with Gasteiger partial charge in [-0.3, -0.25) is 4.79 Å². The molecular formula is C14H16O5. The minimum Gasteiger partial charge on any atom is -0.493 e. The van der Waals surface area contributed by atoms with E-state index in [-0.39, 0.29) is 5.78 Å². The second kappa shape index (κ2) is 5.65. The SMILES string of the molecule is COc1cc(C(=O)C2=CCCO2)cc(OC)c1OC. The summed E-state index contributed by atoms with van der Waals surface area (Å²) in [7, 11) is 4.54. The second-order valence-electron chi connectivity index (χ2n) is 3.95. The molecule has 5 heteroatoms. The number of Topliss-reactive ketones (excluding diaryl/α,β-unsaturated/α-hetero) is 1. The third-order valence-corrected chi connectivity index (χ3v) is 2.86. The third kappa shape index (κ3) is 2.50. The van der Waals surface area contributed by atoms with Crippen molar-refractivity contribution in [3.8, 4) is 17.2 Å². The van der Waals surface area contributed by atoms with Crippen LogP contribution in [0.3, 0.4) is 0 Å². The lowest BCUT2D eigenvalue weighted by Crippen LogP contribution is -2.06. The summed E-state index contributed by atoms with van der Waals surface area (Å²) < 4.78 is 20.9. The highest BCUT2D eigenvalue weighted by Gasteiger charge is 2.21. The minimum absolute atomic E-state index is 0.184. The number of benzene rings is 1. The Balaban J connectivity index is 2.43. The van der Waals surface area contributed by atoms with E-state index < -0.39 is 0 Å². The highest BCUT2D eigenvalue weighted by Crippen LogP contribution is 2.38. The fourth-order valence-corrected chi connectivity index (χ4v) is 1.93. The first-order chi connectivity index (χ1) is 9.21. The molecule has 0 aliphatic carbocycles. The first-order valence-electron chi connectivity index (χ1n) is 5.89. The molecule has 0 N–H and O–H groups in total. The van der Waals surface area contributed by atoms with E-state index in [2.05, 4.69) is 0 Å². The average molecular weight is 264 g/mol. The second-order valence-corrected chi connectivity index (χ2v) is 3.95. The van der Waals surface area contributed by atoms with E-state index in [9.17, 15) is 4.79 Å². The number of hydrogen-bond donors (Lipinski definition) is 0. The van der Waals surface area contributed by atoms with Crippen LogP contribution in [0.5, 0.6) is 17.2 Å². The molecule has 0 radical (unpaired) electrons. The Morgan fingerprint density at radius 3 is 2.16 bits per heavy atom. The van der Waals surface area contributed by atoms with Gasteiger partial charge in [0.2, 0.25) is 11.5 Å². The van der Waals surface area contributed by atoms with Gasteiger partial charge < -0.3 is 18.9 Å². The van der Waals surface area contributed by atoms with Crippen molar-refractivity contribution in [2.45, 2.75) is 6.42 Å². The molecule has 1 aromatic carbocycles. The number of hydrogen-bond acceptors (Lipinski definition) is 5. The van der Waals surface area contributed by atoms with Crippen molar-refractivity contribution < 1.29 is 23.7 Å². The molecule has 0 aromatic heterocycles. The molecule has 0 atom stereocenters. The van der Waals surface area contributed by atoms with Crippen molar-refractivity contribution in [2.75, 3.05) is 27.9 Å². The van der Waals surface area contributed by atoms with E-state index in [0.29, 0.717) is 35.2 Å². The van der Waals surface area contributed by atoms with Crippen LogP contribution in [0.4, 0.5) is 0 Å². The van der Waals surface area contributed by atoms with Gasteiger partial charge in [-0.1, -0.05) is 0 Å². The lowest BCUT2D eigenvalue weighted by molar-refractivity contribution is 0.0941. The number of carbonyl (C=O) groups excluding carboxylic acids is 1. The van der Waals surface area contributed by atoms with Gasteiger partial charge in [0.25, 0.3) is 0 Å². The standard InChI is InChI=1S/C14H16O5/c1-16-11-7-9(8-12(17-2)14(11)18-3)13(15)10-5-4-6-19-10/h5,7-8H,4,6H2,1-3H3. The van der Waals surface area contributed by atoms with Crippen LogP contribution in [0.15, 0.2) is 24.0 Å². The first-order valence-corrected chi connectivity index (χ1v) is 5.89. The van der Waals surface area contributed by atoms with Gasteiger partial charge in [-0.25, -0.2) is 0 Å².